The van der Waals surface area contributed by atoms with Gasteiger partial charge in [-0.2, -0.15) is 0 Å². The molecule has 3 nitrogen and oxygen atoms in total. The highest BCUT2D eigenvalue weighted by Crippen LogP contribution is 2.24. The molecule has 0 N–H and O–H groups in total. The minimum absolute atomic E-state index is 0.284. The van der Waals surface area contributed by atoms with E-state index < -0.39 is 0 Å². The zero-order valence-electron chi connectivity index (χ0n) is 15.7. The first-order valence-electron chi connectivity index (χ1n) is 10.3. The Morgan fingerprint density at radius 3 is 1.74 bits per heavy atom. The summed E-state index contributed by atoms with van der Waals surface area (Å²) >= 11 is 0. The van der Waals surface area contributed by atoms with E-state index in [9.17, 15) is 0 Å². The summed E-state index contributed by atoms with van der Waals surface area (Å²) in [5.41, 5.74) is 0. The standard InChI is InChI=1S/C20H40O3/c1-3-5-6-7-8-9-10-11-12-13-18-21-19-14-16-20(17-15-19)23-22-4-2/h19-20H,3-18H2,1-2H3. The highest BCUT2D eigenvalue weighted by molar-refractivity contribution is 4.72. The molecular formula is C20H40O3. The van der Waals surface area contributed by atoms with Crippen LogP contribution in [0, 0.1) is 0 Å². The van der Waals surface area contributed by atoms with Crippen molar-refractivity contribution in [2.24, 2.45) is 0 Å². The van der Waals surface area contributed by atoms with Crippen molar-refractivity contribution in [1.29, 1.82) is 0 Å². The second kappa shape index (κ2) is 15.4. The molecule has 1 fully saturated rings. The second-order valence-corrected chi connectivity index (χ2v) is 6.95. The van der Waals surface area contributed by atoms with Crippen molar-refractivity contribution in [3.8, 4) is 0 Å². The number of ether oxygens (including phenoxy) is 1. The lowest BCUT2D eigenvalue weighted by Gasteiger charge is -2.27. The Hall–Kier alpha value is -0.120. The Kier molecular flexibility index (Phi) is 14.0. The summed E-state index contributed by atoms with van der Waals surface area (Å²) in [7, 11) is 0. The van der Waals surface area contributed by atoms with Crippen molar-refractivity contribution < 1.29 is 14.5 Å². The van der Waals surface area contributed by atoms with E-state index in [1.165, 1.54) is 64.2 Å². The average molecular weight is 329 g/mol. The number of rotatable bonds is 15. The van der Waals surface area contributed by atoms with E-state index in [0.717, 1.165) is 32.3 Å². The second-order valence-electron chi connectivity index (χ2n) is 6.95. The van der Waals surface area contributed by atoms with Gasteiger partial charge in [0.15, 0.2) is 0 Å². The summed E-state index contributed by atoms with van der Waals surface area (Å²) in [6, 6.07) is 0. The molecule has 1 aliphatic carbocycles. The van der Waals surface area contributed by atoms with Crippen LogP contribution in [0.4, 0.5) is 0 Å². The van der Waals surface area contributed by atoms with E-state index in [2.05, 4.69) is 6.92 Å². The first-order valence-corrected chi connectivity index (χ1v) is 10.3. The molecule has 23 heavy (non-hydrogen) atoms. The van der Waals surface area contributed by atoms with Gasteiger partial charge in [-0.25, -0.2) is 9.78 Å². The normalized spacial score (nSPS) is 21.7. The van der Waals surface area contributed by atoms with Gasteiger partial charge < -0.3 is 4.74 Å². The van der Waals surface area contributed by atoms with Gasteiger partial charge in [0, 0.05) is 6.61 Å². The van der Waals surface area contributed by atoms with Crippen LogP contribution in [0.3, 0.4) is 0 Å². The summed E-state index contributed by atoms with van der Waals surface area (Å²) in [5, 5.41) is 0. The highest BCUT2D eigenvalue weighted by Gasteiger charge is 2.22. The quantitative estimate of drug-likeness (QED) is 0.203. The Morgan fingerprint density at radius 2 is 1.17 bits per heavy atom. The van der Waals surface area contributed by atoms with E-state index >= 15 is 0 Å². The molecule has 1 aliphatic rings. The van der Waals surface area contributed by atoms with Crippen molar-refractivity contribution in [1.82, 2.24) is 0 Å². The molecule has 0 spiro atoms. The van der Waals surface area contributed by atoms with E-state index in [1.54, 1.807) is 0 Å². The lowest BCUT2D eigenvalue weighted by molar-refractivity contribution is -0.327. The van der Waals surface area contributed by atoms with Gasteiger partial charge >= 0.3 is 0 Å². The summed E-state index contributed by atoms with van der Waals surface area (Å²) in [6.07, 6.45) is 19.0. The maximum atomic E-state index is 6.01. The molecule has 0 saturated heterocycles. The molecule has 138 valence electrons. The van der Waals surface area contributed by atoms with Crippen LogP contribution >= 0.6 is 0 Å². The molecule has 1 saturated carbocycles. The monoisotopic (exact) mass is 328 g/mol. The smallest absolute Gasteiger partial charge is 0.0931 e. The molecular weight excluding hydrogens is 288 g/mol. The van der Waals surface area contributed by atoms with Crippen LogP contribution in [0.15, 0.2) is 0 Å². The van der Waals surface area contributed by atoms with E-state index in [0.29, 0.717) is 12.7 Å². The minimum Gasteiger partial charge on any atom is -0.378 e. The molecule has 0 amide bonds. The van der Waals surface area contributed by atoms with Crippen LogP contribution in [0.5, 0.6) is 0 Å². The van der Waals surface area contributed by atoms with Crippen molar-refractivity contribution in [3.63, 3.8) is 0 Å². The molecule has 0 heterocycles. The predicted octanol–water partition coefficient (Wildman–Crippen LogP) is 6.20. The summed E-state index contributed by atoms with van der Waals surface area (Å²) < 4.78 is 6.01. The van der Waals surface area contributed by atoms with E-state index in [4.69, 9.17) is 14.5 Å². The molecule has 3 heteroatoms. The van der Waals surface area contributed by atoms with Gasteiger partial charge in [0.25, 0.3) is 0 Å². The third-order valence-electron chi connectivity index (χ3n) is 4.79. The van der Waals surface area contributed by atoms with Gasteiger partial charge in [-0.1, -0.05) is 64.7 Å². The third-order valence-corrected chi connectivity index (χ3v) is 4.79. The minimum atomic E-state index is 0.284. The van der Waals surface area contributed by atoms with E-state index in [-0.39, 0.29) is 6.10 Å². The fourth-order valence-electron chi connectivity index (χ4n) is 3.30. The summed E-state index contributed by atoms with van der Waals surface area (Å²) in [4.78, 5) is 10.4. The SMILES string of the molecule is CCCCCCCCCCCCOC1CCC(OOCC)CC1. The molecule has 0 aromatic heterocycles. The van der Waals surface area contributed by atoms with Gasteiger partial charge in [-0.3, -0.25) is 0 Å². The van der Waals surface area contributed by atoms with Crippen molar-refractivity contribution in [2.75, 3.05) is 13.2 Å². The highest BCUT2D eigenvalue weighted by atomic mass is 17.2. The van der Waals surface area contributed by atoms with Crippen LogP contribution in [0.25, 0.3) is 0 Å². The van der Waals surface area contributed by atoms with Gasteiger partial charge in [-0.05, 0) is 39.0 Å². The number of unbranched alkanes of at least 4 members (excludes halogenated alkanes) is 9. The Balaban J connectivity index is 1.80. The molecule has 0 aromatic carbocycles. The first kappa shape index (κ1) is 20.9. The molecule has 0 bridgehead atoms. The third kappa shape index (κ3) is 12.0. The molecule has 0 atom stereocenters. The van der Waals surface area contributed by atoms with Crippen molar-refractivity contribution >= 4 is 0 Å². The Morgan fingerprint density at radius 1 is 0.652 bits per heavy atom. The Bertz CT molecular complexity index is 237. The van der Waals surface area contributed by atoms with E-state index in [1.807, 2.05) is 6.92 Å². The topological polar surface area (TPSA) is 27.7 Å². The lowest BCUT2D eigenvalue weighted by Crippen LogP contribution is -2.26. The first-order chi connectivity index (χ1) is 11.4. The van der Waals surface area contributed by atoms with Gasteiger partial charge in [0.05, 0.1) is 18.8 Å². The molecule has 0 aromatic rings. The molecule has 0 unspecified atom stereocenters. The lowest BCUT2D eigenvalue weighted by atomic mass is 9.95. The maximum Gasteiger partial charge on any atom is 0.0931 e. The summed E-state index contributed by atoms with van der Waals surface area (Å²) in [6.45, 7) is 5.82. The van der Waals surface area contributed by atoms with Crippen LogP contribution in [0.1, 0.15) is 104 Å². The zero-order valence-corrected chi connectivity index (χ0v) is 15.7. The van der Waals surface area contributed by atoms with Crippen LogP contribution in [-0.4, -0.2) is 25.4 Å². The molecule has 1 rings (SSSR count). The van der Waals surface area contributed by atoms with Crippen LogP contribution < -0.4 is 0 Å². The van der Waals surface area contributed by atoms with Gasteiger partial charge in [0.1, 0.15) is 0 Å². The molecule has 0 aliphatic heterocycles. The van der Waals surface area contributed by atoms with Gasteiger partial charge in [-0.15, -0.1) is 0 Å². The number of hydrogen-bond acceptors (Lipinski definition) is 3. The van der Waals surface area contributed by atoms with Crippen LogP contribution in [0.2, 0.25) is 0 Å². The average Bonchev–Trinajstić information content (AvgIpc) is 2.59. The fraction of sp³-hybridized carbons (Fsp3) is 1.00. The largest absolute Gasteiger partial charge is 0.378 e. The Labute approximate surface area is 144 Å². The zero-order chi connectivity index (χ0) is 16.6. The van der Waals surface area contributed by atoms with Crippen LogP contribution in [-0.2, 0) is 14.5 Å². The fourth-order valence-corrected chi connectivity index (χ4v) is 3.30. The predicted molar refractivity (Wildman–Crippen MR) is 96.6 cm³/mol. The van der Waals surface area contributed by atoms with Crippen molar-refractivity contribution in [3.05, 3.63) is 0 Å². The van der Waals surface area contributed by atoms with Crippen molar-refractivity contribution in [2.45, 2.75) is 116 Å². The number of hydrogen-bond donors (Lipinski definition) is 0. The summed E-state index contributed by atoms with van der Waals surface area (Å²) in [5.74, 6) is 0. The maximum absolute atomic E-state index is 6.01. The molecule has 0 radical (unpaired) electrons. The van der Waals surface area contributed by atoms with Gasteiger partial charge in [0.2, 0.25) is 0 Å².